The number of nitro groups is 1. The SMILES string of the molecule is CC(C)CC(N/C=C(/C#N)C(=O)Nc1cccc([N+](=O)[O-])c1)C(=O)O. The number of nitriles is 1. The Kier molecular flexibility index (Phi) is 7.09. The first-order valence-corrected chi connectivity index (χ1v) is 7.39. The van der Waals surface area contributed by atoms with Gasteiger partial charge in [-0.15, -0.1) is 0 Å². The van der Waals surface area contributed by atoms with Gasteiger partial charge in [-0.3, -0.25) is 14.9 Å². The summed E-state index contributed by atoms with van der Waals surface area (Å²) in [7, 11) is 0. The molecule has 1 aromatic rings. The van der Waals surface area contributed by atoms with Gasteiger partial charge in [0.25, 0.3) is 11.6 Å². The van der Waals surface area contributed by atoms with E-state index in [9.17, 15) is 19.7 Å². The molecule has 0 saturated carbocycles. The summed E-state index contributed by atoms with van der Waals surface area (Å²) in [5, 5.41) is 33.8. The highest BCUT2D eigenvalue weighted by atomic mass is 16.6. The van der Waals surface area contributed by atoms with Crippen LogP contribution in [-0.4, -0.2) is 27.9 Å². The number of amides is 1. The van der Waals surface area contributed by atoms with E-state index < -0.39 is 22.8 Å². The molecule has 1 amide bonds. The number of hydrogen-bond acceptors (Lipinski definition) is 6. The number of benzene rings is 1. The Bertz CT molecular complexity index is 736. The van der Waals surface area contributed by atoms with Crippen molar-refractivity contribution in [1.29, 1.82) is 5.26 Å². The minimum Gasteiger partial charge on any atom is -0.480 e. The molecule has 25 heavy (non-hydrogen) atoms. The summed E-state index contributed by atoms with van der Waals surface area (Å²) in [6, 6.07) is 5.98. The maximum absolute atomic E-state index is 12.1. The van der Waals surface area contributed by atoms with Gasteiger partial charge in [0.15, 0.2) is 0 Å². The van der Waals surface area contributed by atoms with Crippen LogP contribution in [0.1, 0.15) is 20.3 Å². The zero-order chi connectivity index (χ0) is 19.0. The Morgan fingerprint density at radius 1 is 1.44 bits per heavy atom. The van der Waals surface area contributed by atoms with Gasteiger partial charge in [-0.05, 0) is 18.4 Å². The number of hydrogen-bond donors (Lipinski definition) is 3. The summed E-state index contributed by atoms with van der Waals surface area (Å²) < 4.78 is 0. The molecule has 0 bridgehead atoms. The zero-order valence-corrected chi connectivity index (χ0v) is 13.7. The standard InChI is InChI=1S/C16H18N4O5/c1-10(2)6-14(16(22)23)18-9-11(8-17)15(21)19-12-4-3-5-13(7-12)20(24)25/h3-5,7,9-10,14,18H,6H2,1-2H3,(H,19,21)(H,22,23)/b11-9-. The number of carboxylic acid groups (broad SMARTS) is 1. The van der Waals surface area contributed by atoms with Crippen molar-refractivity contribution in [2.75, 3.05) is 5.32 Å². The van der Waals surface area contributed by atoms with Crippen LogP contribution in [0.3, 0.4) is 0 Å². The van der Waals surface area contributed by atoms with Gasteiger partial charge in [0, 0.05) is 24.0 Å². The number of aliphatic carboxylic acids is 1. The van der Waals surface area contributed by atoms with Crippen molar-refractivity contribution in [2.24, 2.45) is 5.92 Å². The van der Waals surface area contributed by atoms with Gasteiger partial charge < -0.3 is 15.7 Å². The smallest absolute Gasteiger partial charge is 0.326 e. The normalized spacial score (nSPS) is 12.2. The fraction of sp³-hybridized carbons (Fsp3) is 0.312. The van der Waals surface area contributed by atoms with Crippen LogP contribution in [0.2, 0.25) is 0 Å². The van der Waals surface area contributed by atoms with Gasteiger partial charge >= 0.3 is 5.97 Å². The molecule has 1 aromatic carbocycles. The lowest BCUT2D eigenvalue weighted by Crippen LogP contribution is -2.35. The molecule has 9 nitrogen and oxygen atoms in total. The molecule has 0 spiro atoms. The van der Waals surface area contributed by atoms with Crippen molar-refractivity contribution in [3.8, 4) is 6.07 Å². The minimum atomic E-state index is -1.10. The number of nitrogens with one attached hydrogen (secondary N) is 2. The summed E-state index contributed by atoms with van der Waals surface area (Å²) in [5.74, 6) is -1.79. The lowest BCUT2D eigenvalue weighted by molar-refractivity contribution is -0.384. The van der Waals surface area contributed by atoms with Crippen LogP contribution < -0.4 is 10.6 Å². The lowest BCUT2D eigenvalue weighted by Gasteiger charge is -2.15. The van der Waals surface area contributed by atoms with Crippen LogP contribution >= 0.6 is 0 Å². The summed E-state index contributed by atoms with van der Waals surface area (Å²) in [6.07, 6.45) is 1.35. The molecule has 0 heterocycles. The molecular formula is C16H18N4O5. The molecular weight excluding hydrogens is 328 g/mol. The predicted molar refractivity (Wildman–Crippen MR) is 89.4 cm³/mol. The van der Waals surface area contributed by atoms with Crippen LogP contribution in [0.15, 0.2) is 36.0 Å². The van der Waals surface area contributed by atoms with E-state index in [2.05, 4.69) is 10.6 Å². The number of carboxylic acids is 1. The third-order valence-corrected chi connectivity index (χ3v) is 3.11. The quantitative estimate of drug-likeness (QED) is 0.282. The first kappa shape index (κ1) is 19.6. The average Bonchev–Trinajstić information content (AvgIpc) is 2.53. The predicted octanol–water partition coefficient (Wildman–Crippen LogP) is 2.03. The maximum atomic E-state index is 12.1. The molecule has 9 heteroatoms. The van der Waals surface area contributed by atoms with Crippen molar-refractivity contribution in [3.05, 3.63) is 46.2 Å². The van der Waals surface area contributed by atoms with Gasteiger partial charge in [-0.25, -0.2) is 4.79 Å². The van der Waals surface area contributed by atoms with E-state index in [0.29, 0.717) is 6.42 Å². The fourth-order valence-corrected chi connectivity index (χ4v) is 1.94. The van der Waals surface area contributed by atoms with Crippen molar-refractivity contribution in [3.63, 3.8) is 0 Å². The van der Waals surface area contributed by atoms with Crippen LogP contribution in [-0.2, 0) is 9.59 Å². The molecule has 0 fully saturated rings. The summed E-state index contributed by atoms with van der Waals surface area (Å²) in [4.78, 5) is 33.3. The van der Waals surface area contributed by atoms with Crippen LogP contribution in [0.5, 0.6) is 0 Å². The Morgan fingerprint density at radius 3 is 2.64 bits per heavy atom. The number of non-ortho nitro benzene ring substituents is 1. The highest BCUT2D eigenvalue weighted by molar-refractivity contribution is 6.06. The molecule has 1 unspecified atom stereocenters. The summed E-state index contributed by atoms with van der Waals surface area (Å²) in [6.45, 7) is 3.70. The highest BCUT2D eigenvalue weighted by Gasteiger charge is 2.18. The Morgan fingerprint density at radius 2 is 2.12 bits per heavy atom. The van der Waals surface area contributed by atoms with Crippen LogP contribution in [0.4, 0.5) is 11.4 Å². The first-order chi connectivity index (χ1) is 11.7. The number of nitrogens with zero attached hydrogens (tertiary/aromatic N) is 2. The van der Waals surface area contributed by atoms with Gasteiger partial charge in [0.1, 0.15) is 17.7 Å². The second-order valence-electron chi connectivity index (χ2n) is 5.62. The van der Waals surface area contributed by atoms with E-state index in [0.717, 1.165) is 12.3 Å². The van der Waals surface area contributed by atoms with E-state index in [1.54, 1.807) is 6.07 Å². The number of carbonyl (C=O) groups excluding carboxylic acids is 1. The summed E-state index contributed by atoms with van der Waals surface area (Å²) >= 11 is 0. The van der Waals surface area contributed by atoms with E-state index >= 15 is 0 Å². The average molecular weight is 346 g/mol. The third kappa shape index (κ3) is 6.31. The van der Waals surface area contributed by atoms with Crippen molar-refractivity contribution in [1.82, 2.24) is 5.32 Å². The molecule has 132 valence electrons. The van der Waals surface area contributed by atoms with Crippen molar-refractivity contribution in [2.45, 2.75) is 26.3 Å². The molecule has 0 aliphatic rings. The number of anilines is 1. The van der Waals surface area contributed by atoms with E-state index in [1.807, 2.05) is 13.8 Å². The Labute approximate surface area is 144 Å². The number of rotatable bonds is 8. The molecule has 1 atom stereocenters. The molecule has 1 rings (SSSR count). The Balaban J connectivity index is 2.86. The van der Waals surface area contributed by atoms with Gasteiger partial charge in [-0.2, -0.15) is 5.26 Å². The second-order valence-corrected chi connectivity index (χ2v) is 5.62. The fourth-order valence-electron chi connectivity index (χ4n) is 1.94. The van der Waals surface area contributed by atoms with E-state index in [-0.39, 0.29) is 22.9 Å². The van der Waals surface area contributed by atoms with Crippen molar-refractivity contribution >= 4 is 23.3 Å². The van der Waals surface area contributed by atoms with Gasteiger partial charge in [0.05, 0.1) is 4.92 Å². The van der Waals surface area contributed by atoms with Gasteiger partial charge in [0.2, 0.25) is 0 Å². The lowest BCUT2D eigenvalue weighted by atomic mass is 10.0. The largest absolute Gasteiger partial charge is 0.480 e. The minimum absolute atomic E-state index is 0.103. The number of carbonyl (C=O) groups is 2. The first-order valence-electron chi connectivity index (χ1n) is 7.39. The maximum Gasteiger partial charge on any atom is 0.326 e. The summed E-state index contributed by atoms with van der Waals surface area (Å²) in [5.41, 5.74) is -0.403. The van der Waals surface area contributed by atoms with E-state index in [4.69, 9.17) is 10.4 Å². The second kappa shape index (κ2) is 9.02. The highest BCUT2D eigenvalue weighted by Crippen LogP contribution is 2.17. The zero-order valence-electron chi connectivity index (χ0n) is 13.7. The molecule has 0 aliphatic carbocycles. The van der Waals surface area contributed by atoms with E-state index in [1.165, 1.54) is 18.2 Å². The molecule has 0 radical (unpaired) electrons. The monoisotopic (exact) mass is 346 g/mol. The van der Waals surface area contributed by atoms with Crippen LogP contribution in [0, 0.1) is 27.4 Å². The topological polar surface area (TPSA) is 145 Å². The third-order valence-electron chi connectivity index (χ3n) is 3.11. The molecule has 3 N–H and O–H groups in total. The number of nitro benzene ring substituents is 1. The molecule has 0 saturated heterocycles. The van der Waals surface area contributed by atoms with Gasteiger partial charge in [-0.1, -0.05) is 19.9 Å². The Hall–Kier alpha value is -3.41. The van der Waals surface area contributed by atoms with Crippen molar-refractivity contribution < 1.29 is 19.6 Å². The van der Waals surface area contributed by atoms with Crippen LogP contribution in [0.25, 0.3) is 0 Å². The molecule has 0 aromatic heterocycles. The molecule has 0 aliphatic heterocycles.